The highest BCUT2D eigenvalue weighted by Gasteiger charge is 2.68. The molecule has 1 heterocycles. The molecule has 4 nitrogen and oxygen atoms in total. The number of rotatable bonds is 5. The van der Waals surface area contributed by atoms with Crippen LogP contribution in [0.25, 0.3) is 0 Å². The summed E-state index contributed by atoms with van der Waals surface area (Å²) in [5, 5.41) is 3.96. The Balaban J connectivity index is 1.36. The van der Waals surface area contributed by atoms with Gasteiger partial charge in [-0.3, -0.25) is 4.79 Å². The Morgan fingerprint density at radius 1 is 1.25 bits per heavy atom. The summed E-state index contributed by atoms with van der Waals surface area (Å²) in [6.07, 6.45) is 5.07. The molecule has 0 radical (unpaired) electrons. The van der Waals surface area contributed by atoms with Gasteiger partial charge in [-0.05, 0) is 74.0 Å². The van der Waals surface area contributed by atoms with E-state index in [1.54, 1.807) is 0 Å². The van der Waals surface area contributed by atoms with E-state index in [1.165, 1.54) is 6.42 Å². The normalized spacial score (nSPS) is 36.4. The summed E-state index contributed by atoms with van der Waals surface area (Å²) in [6.45, 7) is 6.95. The van der Waals surface area contributed by atoms with Crippen LogP contribution in [0.1, 0.15) is 52.0 Å². The first kappa shape index (κ1) is 19.0. The van der Waals surface area contributed by atoms with Gasteiger partial charge in [0.15, 0.2) is 0 Å². The third-order valence-electron chi connectivity index (χ3n) is 7.94. The zero-order valence-corrected chi connectivity index (χ0v) is 17.7. The van der Waals surface area contributed by atoms with Crippen molar-refractivity contribution in [1.82, 2.24) is 5.32 Å². The van der Waals surface area contributed by atoms with Crippen LogP contribution in [-0.4, -0.2) is 30.7 Å². The van der Waals surface area contributed by atoms with Gasteiger partial charge in [-0.2, -0.15) is 0 Å². The zero-order chi connectivity index (χ0) is 19.7. The van der Waals surface area contributed by atoms with Crippen molar-refractivity contribution in [3.63, 3.8) is 0 Å². The Kier molecular flexibility index (Phi) is 4.39. The molecule has 6 rings (SSSR count). The second kappa shape index (κ2) is 6.48. The van der Waals surface area contributed by atoms with Crippen molar-refractivity contribution in [2.45, 2.75) is 70.5 Å². The molecule has 1 aliphatic heterocycles. The fraction of sp³-hybridized carbons (Fsp3) is 0.682. The molecule has 1 amide bonds. The lowest BCUT2D eigenvalue weighted by molar-refractivity contribution is -0.199. The van der Waals surface area contributed by atoms with E-state index in [-0.39, 0.29) is 29.5 Å². The Bertz CT molecular complexity index is 780. The molecule has 2 bridgehead atoms. The maximum Gasteiger partial charge on any atom is 0.482 e. The summed E-state index contributed by atoms with van der Waals surface area (Å²) in [6, 6.07) is 7.82. The van der Waals surface area contributed by atoms with Gasteiger partial charge in [0.05, 0.1) is 17.6 Å². The minimum atomic E-state index is -0.400. The second-order valence-corrected chi connectivity index (χ2v) is 10.5. The fourth-order valence-corrected chi connectivity index (χ4v) is 5.93. The van der Waals surface area contributed by atoms with Gasteiger partial charge >= 0.3 is 7.12 Å². The van der Waals surface area contributed by atoms with Gasteiger partial charge in [0.25, 0.3) is 0 Å². The van der Waals surface area contributed by atoms with Crippen LogP contribution in [0.3, 0.4) is 0 Å². The minimum Gasteiger partial charge on any atom is -0.404 e. The van der Waals surface area contributed by atoms with Crippen molar-refractivity contribution in [3.05, 3.63) is 34.9 Å². The van der Waals surface area contributed by atoms with Gasteiger partial charge in [-0.1, -0.05) is 37.6 Å². The first-order valence-electron chi connectivity index (χ1n) is 10.7. The molecule has 5 aliphatic rings. The summed E-state index contributed by atoms with van der Waals surface area (Å²) >= 11 is 6.04. The molecule has 1 saturated heterocycles. The molecule has 150 valence electrons. The van der Waals surface area contributed by atoms with E-state index in [9.17, 15) is 4.79 Å². The molecule has 4 aliphatic carbocycles. The highest BCUT2D eigenvalue weighted by Crippen LogP contribution is 2.65. The Morgan fingerprint density at radius 2 is 1.96 bits per heavy atom. The molecular formula is C22H29BClNO3. The second-order valence-electron chi connectivity index (χ2n) is 10.1. The molecule has 6 heteroatoms. The van der Waals surface area contributed by atoms with Crippen LogP contribution in [0.2, 0.25) is 5.02 Å². The van der Waals surface area contributed by atoms with Crippen molar-refractivity contribution >= 4 is 24.6 Å². The molecule has 4 saturated carbocycles. The van der Waals surface area contributed by atoms with Crippen LogP contribution in [-0.2, 0) is 20.5 Å². The lowest BCUT2D eigenvalue weighted by atomic mass is 9.43. The average Bonchev–Trinajstić information content (AvgIpc) is 3.43. The molecule has 1 aromatic carbocycles. The van der Waals surface area contributed by atoms with Gasteiger partial charge in [0.1, 0.15) is 0 Å². The summed E-state index contributed by atoms with van der Waals surface area (Å²) < 4.78 is 13.1. The van der Waals surface area contributed by atoms with Crippen molar-refractivity contribution in [2.24, 2.45) is 23.2 Å². The monoisotopic (exact) mass is 401 g/mol. The number of halogens is 1. The molecule has 0 unspecified atom stereocenters. The van der Waals surface area contributed by atoms with Crippen LogP contribution >= 0.6 is 11.6 Å². The predicted molar refractivity (Wildman–Crippen MR) is 110 cm³/mol. The van der Waals surface area contributed by atoms with Gasteiger partial charge in [-0.25, -0.2) is 0 Å². The van der Waals surface area contributed by atoms with Gasteiger partial charge in [0.2, 0.25) is 5.91 Å². The van der Waals surface area contributed by atoms with E-state index in [0.29, 0.717) is 23.7 Å². The Morgan fingerprint density at radius 3 is 2.61 bits per heavy atom. The molecule has 1 aromatic rings. The van der Waals surface area contributed by atoms with Crippen LogP contribution < -0.4 is 5.32 Å². The SMILES string of the molecule is CC1(C)[C@@H]2C[C@H]3OB([C@H](Cc4ccc(Cl)cc4)NC(=O)C4CC4)O[C@@]3(C)[C@H]1C2. The highest BCUT2D eigenvalue weighted by molar-refractivity contribution is 6.48. The van der Waals surface area contributed by atoms with Crippen molar-refractivity contribution in [2.75, 3.05) is 0 Å². The van der Waals surface area contributed by atoms with Crippen LogP contribution in [0, 0.1) is 23.2 Å². The number of amides is 1. The van der Waals surface area contributed by atoms with E-state index in [2.05, 4.69) is 26.1 Å². The maximum atomic E-state index is 12.5. The van der Waals surface area contributed by atoms with Crippen molar-refractivity contribution < 1.29 is 14.1 Å². The third-order valence-corrected chi connectivity index (χ3v) is 8.19. The Labute approximate surface area is 172 Å². The minimum absolute atomic E-state index is 0.125. The number of carbonyl (C=O) groups excluding carboxylic acids is 1. The number of hydrogen-bond donors (Lipinski definition) is 1. The summed E-state index contributed by atoms with van der Waals surface area (Å²) in [4.78, 5) is 12.5. The molecular weight excluding hydrogens is 373 g/mol. The summed E-state index contributed by atoms with van der Waals surface area (Å²) in [5.74, 6) is 1.35. The molecule has 5 fully saturated rings. The highest BCUT2D eigenvalue weighted by atomic mass is 35.5. The standard InChI is InChI=1S/C22H29BClNO3/c1-21(2)15-11-17(21)22(3)18(12-15)27-23(28-22)19(25-20(26)14-6-7-14)10-13-4-8-16(24)9-5-13/h4-5,8-9,14-15,17-19H,6-7,10-12H2,1-3H3,(H,25,26)/t15-,17-,18+,19-,22-/m0/s1. The molecule has 0 spiro atoms. The topological polar surface area (TPSA) is 47.6 Å². The fourth-order valence-electron chi connectivity index (χ4n) is 5.81. The van der Waals surface area contributed by atoms with Gasteiger partial charge in [-0.15, -0.1) is 0 Å². The van der Waals surface area contributed by atoms with Gasteiger partial charge in [0, 0.05) is 10.9 Å². The van der Waals surface area contributed by atoms with E-state index >= 15 is 0 Å². The smallest absolute Gasteiger partial charge is 0.404 e. The maximum absolute atomic E-state index is 12.5. The van der Waals surface area contributed by atoms with E-state index in [1.807, 2.05) is 24.3 Å². The first-order valence-corrected chi connectivity index (χ1v) is 11.0. The molecule has 28 heavy (non-hydrogen) atoms. The van der Waals surface area contributed by atoms with Crippen LogP contribution in [0.4, 0.5) is 0 Å². The number of carbonyl (C=O) groups is 1. The molecule has 0 aromatic heterocycles. The largest absolute Gasteiger partial charge is 0.482 e. The van der Waals surface area contributed by atoms with Crippen LogP contribution in [0.5, 0.6) is 0 Å². The van der Waals surface area contributed by atoms with E-state index < -0.39 is 7.12 Å². The number of hydrogen-bond acceptors (Lipinski definition) is 3. The lowest BCUT2D eigenvalue weighted by Crippen LogP contribution is -2.65. The Hall–Kier alpha value is -1.04. The van der Waals surface area contributed by atoms with E-state index in [4.69, 9.17) is 20.9 Å². The van der Waals surface area contributed by atoms with Crippen molar-refractivity contribution in [3.8, 4) is 0 Å². The van der Waals surface area contributed by atoms with Crippen molar-refractivity contribution in [1.29, 1.82) is 0 Å². The summed E-state index contributed by atoms with van der Waals surface area (Å²) in [5.41, 5.74) is 1.18. The number of nitrogens with one attached hydrogen (secondary N) is 1. The third kappa shape index (κ3) is 3.01. The average molecular weight is 402 g/mol. The van der Waals surface area contributed by atoms with E-state index in [0.717, 1.165) is 29.8 Å². The molecule has 1 N–H and O–H groups in total. The predicted octanol–water partition coefficient (Wildman–Crippen LogP) is 4.04. The van der Waals surface area contributed by atoms with Crippen LogP contribution in [0.15, 0.2) is 24.3 Å². The number of benzene rings is 1. The van der Waals surface area contributed by atoms with Gasteiger partial charge < -0.3 is 14.6 Å². The quantitative estimate of drug-likeness (QED) is 0.757. The first-order chi connectivity index (χ1) is 13.3. The molecule has 5 atom stereocenters. The lowest BCUT2D eigenvalue weighted by Gasteiger charge is -2.64. The zero-order valence-electron chi connectivity index (χ0n) is 16.9. The summed E-state index contributed by atoms with van der Waals surface area (Å²) in [7, 11) is -0.400.